The van der Waals surface area contributed by atoms with Gasteiger partial charge in [-0.25, -0.2) is 4.98 Å². The predicted octanol–water partition coefficient (Wildman–Crippen LogP) is 5.51. The van der Waals surface area contributed by atoms with Crippen molar-refractivity contribution in [2.24, 2.45) is 0 Å². The summed E-state index contributed by atoms with van der Waals surface area (Å²) >= 11 is 8.91. The summed E-state index contributed by atoms with van der Waals surface area (Å²) in [5.74, 6) is -0.898. The molecule has 0 bridgehead atoms. The van der Waals surface area contributed by atoms with Crippen molar-refractivity contribution in [2.75, 3.05) is 0 Å². The van der Waals surface area contributed by atoms with E-state index in [0.29, 0.717) is 50.2 Å². The molecule has 156 valence electrons. The molecule has 0 saturated carbocycles. The number of aryl methyl sites for hydroxylation is 1. The van der Waals surface area contributed by atoms with E-state index in [1.54, 1.807) is 4.57 Å². The molecule has 0 fully saturated rings. The number of hydrogen-bond donors (Lipinski definition) is 1. The second-order valence-electron chi connectivity index (χ2n) is 7.33. The summed E-state index contributed by atoms with van der Waals surface area (Å²) in [6.45, 7) is 0. The van der Waals surface area contributed by atoms with Gasteiger partial charge in [0.05, 0.1) is 17.0 Å². The van der Waals surface area contributed by atoms with E-state index in [4.69, 9.17) is 16.6 Å². The highest BCUT2D eigenvalue weighted by atomic mass is 35.5. The molecule has 8 heteroatoms. The number of rotatable bonds is 5. The Morgan fingerprint density at radius 2 is 1.94 bits per heavy atom. The van der Waals surface area contributed by atoms with Gasteiger partial charge in [0, 0.05) is 15.7 Å². The van der Waals surface area contributed by atoms with Crippen molar-refractivity contribution in [1.82, 2.24) is 9.55 Å². The normalized spacial score (nSPS) is 15.3. The van der Waals surface area contributed by atoms with Gasteiger partial charge in [-0.1, -0.05) is 53.7 Å². The minimum absolute atomic E-state index is 0.208. The highest BCUT2D eigenvalue weighted by Gasteiger charge is 2.34. The molecule has 1 aliphatic rings. The summed E-state index contributed by atoms with van der Waals surface area (Å²) in [7, 11) is 0. The molecule has 1 aliphatic carbocycles. The summed E-state index contributed by atoms with van der Waals surface area (Å²) in [5, 5.41) is 11.4. The maximum Gasteiger partial charge on any atom is 0.311 e. The molecule has 2 aromatic heterocycles. The fourth-order valence-electron chi connectivity index (χ4n) is 3.95. The highest BCUT2D eigenvalue weighted by molar-refractivity contribution is 7.98. The second-order valence-corrected chi connectivity index (χ2v) is 9.80. The molecule has 1 atom stereocenters. The topological polar surface area (TPSA) is 72.2 Å². The largest absolute Gasteiger partial charge is 0.481 e. The number of hydrogen-bond acceptors (Lipinski definition) is 5. The minimum atomic E-state index is -0.884. The van der Waals surface area contributed by atoms with Crippen LogP contribution in [0.1, 0.15) is 28.3 Å². The van der Waals surface area contributed by atoms with Crippen LogP contribution in [0.5, 0.6) is 0 Å². The number of fused-ring (bicyclic) bond motifs is 3. The van der Waals surface area contributed by atoms with Gasteiger partial charge in [0.15, 0.2) is 5.16 Å². The Hall–Kier alpha value is -2.61. The van der Waals surface area contributed by atoms with E-state index in [1.807, 2.05) is 54.6 Å². The quantitative estimate of drug-likeness (QED) is 0.309. The van der Waals surface area contributed by atoms with Crippen molar-refractivity contribution in [3.05, 3.63) is 86.0 Å². The lowest BCUT2D eigenvalue weighted by molar-refractivity contribution is -0.138. The van der Waals surface area contributed by atoms with E-state index in [1.165, 1.54) is 23.1 Å². The average molecular weight is 469 g/mol. The van der Waals surface area contributed by atoms with Gasteiger partial charge >= 0.3 is 5.97 Å². The van der Waals surface area contributed by atoms with Gasteiger partial charge in [-0.05, 0) is 48.2 Å². The van der Waals surface area contributed by atoms with Crippen LogP contribution >= 0.6 is 34.7 Å². The van der Waals surface area contributed by atoms with Crippen molar-refractivity contribution in [1.29, 1.82) is 0 Å². The van der Waals surface area contributed by atoms with Gasteiger partial charge in [0.2, 0.25) is 0 Å². The van der Waals surface area contributed by atoms with Crippen molar-refractivity contribution in [2.45, 2.75) is 29.7 Å². The smallest absolute Gasteiger partial charge is 0.311 e. The Labute approximate surface area is 191 Å². The number of carboxylic acids is 1. The number of benzene rings is 2. The predicted molar refractivity (Wildman–Crippen MR) is 125 cm³/mol. The van der Waals surface area contributed by atoms with E-state index >= 15 is 0 Å². The molecule has 5 nitrogen and oxygen atoms in total. The van der Waals surface area contributed by atoms with Gasteiger partial charge in [-0.3, -0.25) is 14.2 Å². The van der Waals surface area contributed by atoms with Crippen LogP contribution in [0.15, 0.2) is 64.5 Å². The first-order valence-electron chi connectivity index (χ1n) is 9.76. The minimum Gasteiger partial charge on any atom is -0.481 e. The first-order valence-corrected chi connectivity index (χ1v) is 11.9. The van der Waals surface area contributed by atoms with Crippen LogP contribution in [0.3, 0.4) is 0 Å². The van der Waals surface area contributed by atoms with Gasteiger partial charge in [-0.15, -0.1) is 11.3 Å². The number of nitrogens with zero attached hydrogens (tertiary/aromatic N) is 2. The van der Waals surface area contributed by atoms with Gasteiger partial charge in [-0.2, -0.15) is 0 Å². The molecular formula is C23H17ClN2O3S2. The Bertz CT molecular complexity index is 1350. The van der Waals surface area contributed by atoms with Crippen molar-refractivity contribution in [3.8, 4) is 5.69 Å². The zero-order valence-electron chi connectivity index (χ0n) is 16.2. The standard InChI is InChI=1S/C23H17ClN2O3S2/c24-14-8-6-13(7-9-14)12-30-23-25-20-19(18-16(22(28)29)10-11-17(18)31-20)21(27)26(23)15-4-2-1-3-5-15/h1-9,16H,10-12H2,(H,28,29)/t16-/m1/s1. The van der Waals surface area contributed by atoms with Gasteiger partial charge < -0.3 is 5.11 Å². The number of aromatic nitrogens is 2. The van der Waals surface area contributed by atoms with Crippen LogP contribution in [0.25, 0.3) is 15.9 Å². The van der Waals surface area contributed by atoms with Crippen LogP contribution in [0, 0.1) is 0 Å². The molecule has 0 spiro atoms. The van der Waals surface area contributed by atoms with E-state index < -0.39 is 11.9 Å². The third-order valence-electron chi connectivity index (χ3n) is 5.41. The van der Waals surface area contributed by atoms with Crippen LogP contribution in [-0.4, -0.2) is 20.6 Å². The number of halogens is 1. The SMILES string of the molecule is O=C(O)[C@@H]1CCc2sc3nc(SCc4ccc(Cl)cc4)n(-c4ccccc4)c(=O)c3c21. The van der Waals surface area contributed by atoms with Crippen LogP contribution in [0.2, 0.25) is 5.02 Å². The molecule has 0 amide bonds. The Balaban J connectivity index is 1.67. The van der Waals surface area contributed by atoms with Crippen LogP contribution < -0.4 is 5.56 Å². The van der Waals surface area contributed by atoms with Gasteiger partial charge in [0.25, 0.3) is 5.56 Å². The molecule has 2 aromatic carbocycles. The second kappa shape index (κ2) is 8.15. The lowest BCUT2D eigenvalue weighted by Gasteiger charge is -2.13. The number of aliphatic carboxylic acids is 1. The summed E-state index contributed by atoms with van der Waals surface area (Å²) in [6.07, 6.45) is 1.20. The maximum absolute atomic E-state index is 13.7. The molecule has 2 heterocycles. The number of para-hydroxylation sites is 1. The molecule has 0 unspecified atom stereocenters. The van der Waals surface area contributed by atoms with Crippen molar-refractivity contribution >= 4 is 50.9 Å². The Morgan fingerprint density at radius 3 is 2.65 bits per heavy atom. The molecule has 0 radical (unpaired) electrons. The van der Waals surface area contributed by atoms with Gasteiger partial charge in [0.1, 0.15) is 4.83 Å². The fourth-order valence-corrected chi connectivity index (χ4v) is 6.33. The average Bonchev–Trinajstić information content (AvgIpc) is 3.33. The number of carbonyl (C=O) groups is 1. The number of thiophene rings is 1. The maximum atomic E-state index is 13.7. The fraction of sp³-hybridized carbons (Fsp3) is 0.174. The van der Waals surface area contributed by atoms with E-state index in [2.05, 4.69) is 0 Å². The molecule has 1 N–H and O–H groups in total. The summed E-state index contributed by atoms with van der Waals surface area (Å²) in [4.78, 5) is 31.9. The van der Waals surface area contributed by atoms with Crippen molar-refractivity contribution < 1.29 is 9.90 Å². The van der Waals surface area contributed by atoms with E-state index in [0.717, 1.165) is 10.4 Å². The van der Waals surface area contributed by atoms with Crippen LogP contribution in [-0.2, 0) is 17.0 Å². The first kappa shape index (κ1) is 20.3. The molecule has 5 rings (SSSR count). The number of thioether (sulfide) groups is 1. The summed E-state index contributed by atoms with van der Waals surface area (Å²) < 4.78 is 1.60. The number of carboxylic acid groups (broad SMARTS) is 1. The molecule has 4 aromatic rings. The monoisotopic (exact) mass is 468 g/mol. The Morgan fingerprint density at radius 1 is 1.19 bits per heavy atom. The van der Waals surface area contributed by atoms with E-state index in [-0.39, 0.29) is 5.56 Å². The third-order valence-corrected chi connectivity index (χ3v) is 7.83. The van der Waals surface area contributed by atoms with E-state index in [9.17, 15) is 14.7 Å². The molecule has 0 saturated heterocycles. The molecule has 0 aliphatic heterocycles. The summed E-state index contributed by atoms with van der Waals surface area (Å²) in [6, 6.07) is 17.0. The highest BCUT2D eigenvalue weighted by Crippen LogP contribution is 2.43. The Kier molecular flexibility index (Phi) is 5.33. The van der Waals surface area contributed by atoms with Crippen molar-refractivity contribution in [3.63, 3.8) is 0 Å². The lowest BCUT2D eigenvalue weighted by atomic mass is 10.0. The lowest BCUT2D eigenvalue weighted by Crippen LogP contribution is -2.22. The third kappa shape index (κ3) is 3.67. The zero-order chi connectivity index (χ0) is 21.5. The first-order chi connectivity index (χ1) is 15.0. The molecular weight excluding hydrogens is 452 g/mol. The zero-order valence-corrected chi connectivity index (χ0v) is 18.6. The van der Waals surface area contributed by atoms with Crippen LogP contribution in [0.4, 0.5) is 0 Å². The molecule has 31 heavy (non-hydrogen) atoms. The summed E-state index contributed by atoms with van der Waals surface area (Å²) in [5.41, 5.74) is 2.23.